The monoisotopic (exact) mass is 180 g/mol. The maximum atomic E-state index is 9.58. The van der Waals surface area contributed by atoms with Crippen LogP contribution in [-0.4, -0.2) is 17.9 Å². The van der Waals surface area contributed by atoms with Crippen LogP contribution in [0.2, 0.25) is 0 Å². The van der Waals surface area contributed by atoms with Crippen LogP contribution in [0.25, 0.3) is 0 Å². The molecule has 0 heterocycles. The summed E-state index contributed by atoms with van der Waals surface area (Å²) >= 11 is 0. The van der Waals surface area contributed by atoms with Crippen molar-refractivity contribution in [3.05, 3.63) is 23.8 Å². The van der Waals surface area contributed by atoms with Crippen LogP contribution < -0.4 is 10.6 Å². The average Bonchev–Trinajstić information content (AvgIpc) is 2.13. The highest BCUT2D eigenvalue weighted by atomic mass is 16.5. The molecular weight excluding hydrogens is 168 g/mol. The van der Waals surface area contributed by atoms with E-state index in [9.17, 15) is 5.11 Å². The van der Waals surface area contributed by atoms with E-state index in [1.807, 2.05) is 6.92 Å². The molecule has 0 aliphatic carbocycles. The van der Waals surface area contributed by atoms with Gasteiger partial charge in [-0.3, -0.25) is 0 Å². The van der Waals surface area contributed by atoms with E-state index in [0.717, 1.165) is 0 Å². The van der Waals surface area contributed by atoms with Gasteiger partial charge < -0.3 is 15.7 Å². The van der Waals surface area contributed by atoms with Crippen molar-refractivity contribution < 1.29 is 9.84 Å². The zero-order valence-electron chi connectivity index (χ0n) is 7.40. The van der Waals surface area contributed by atoms with Crippen LogP contribution in [0.1, 0.15) is 12.5 Å². The lowest BCUT2D eigenvalue weighted by Crippen LogP contribution is -1.94. The molecule has 0 atom stereocenters. The van der Waals surface area contributed by atoms with Crippen molar-refractivity contribution in [2.45, 2.75) is 6.92 Å². The van der Waals surface area contributed by atoms with Crippen LogP contribution in [0.3, 0.4) is 0 Å². The second kappa shape index (κ2) is 4.35. The number of ether oxygens (including phenoxy) is 1. The zero-order valence-corrected chi connectivity index (χ0v) is 7.40. The van der Waals surface area contributed by atoms with Gasteiger partial charge in [0.15, 0.2) is 11.5 Å². The molecule has 0 spiro atoms. The van der Waals surface area contributed by atoms with Crippen LogP contribution in [-0.2, 0) is 0 Å². The quantitative estimate of drug-likeness (QED) is 0.415. The van der Waals surface area contributed by atoms with Crippen LogP contribution in [0.4, 0.5) is 0 Å². The molecule has 0 fully saturated rings. The summed E-state index contributed by atoms with van der Waals surface area (Å²) in [6.07, 6.45) is 1.37. The highest BCUT2D eigenvalue weighted by molar-refractivity contribution is 5.84. The second-order valence-corrected chi connectivity index (χ2v) is 2.41. The Balaban J connectivity index is 3.03. The summed E-state index contributed by atoms with van der Waals surface area (Å²) < 4.78 is 5.17. The number of benzene rings is 1. The van der Waals surface area contributed by atoms with E-state index in [1.165, 1.54) is 6.21 Å². The van der Waals surface area contributed by atoms with Gasteiger partial charge in [-0.1, -0.05) is 6.07 Å². The number of hydrogen-bond donors (Lipinski definition) is 2. The number of para-hydroxylation sites is 1. The van der Waals surface area contributed by atoms with E-state index in [4.69, 9.17) is 10.6 Å². The normalized spacial score (nSPS) is 10.5. The molecule has 13 heavy (non-hydrogen) atoms. The number of hydrazone groups is 1. The highest BCUT2D eigenvalue weighted by Gasteiger charge is 2.04. The highest BCUT2D eigenvalue weighted by Crippen LogP contribution is 2.28. The van der Waals surface area contributed by atoms with Crippen molar-refractivity contribution >= 4 is 6.21 Å². The summed E-state index contributed by atoms with van der Waals surface area (Å²) in [4.78, 5) is 0. The molecule has 4 heteroatoms. The average molecular weight is 180 g/mol. The minimum atomic E-state index is 0.0681. The minimum absolute atomic E-state index is 0.0681. The van der Waals surface area contributed by atoms with Gasteiger partial charge in [0, 0.05) is 5.56 Å². The molecule has 70 valence electrons. The number of rotatable bonds is 3. The van der Waals surface area contributed by atoms with E-state index in [-0.39, 0.29) is 5.75 Å². The fraction of sp³-hybridized carbons (Fsp3) is 0.222. The fourth-order valence-electron chi connectivity index (χ4n) is 0.996. The van der Waals surface area contributed by atoms with E-state index in [0.29, 0.717) is 17.9 Å². The number of aromatic hydroxyl groups is 1. The van der Waals surface area contributed by atoms with Crippen LogP contribution >= 0.6 is 0 Å². The smallest absolute Gasteiger partial charge is 0.166 e. The topological polar surface area (TPSA) is 67.8 Å². The molecule has 0 unspecified atom stereocenters. The van der Waals surface area contributed by atoms with Crippen molar-refractivity contribution in [3.8, 4) is 11.5 Å². The van der Waals surface area contributed by atoms with E-state index < -0.39 is 0 Å². The van der Waals surface area contributed by atoms with Crippen molar-refractivity contribution in [1.29, 1.82) is 0 Å². The van der Waals surface area contributed by atoms with Crippen molar-refractivity contribution in [1.82, 2.24) is 0 Å². The first kappa shape index (κ1) is 9.38. The van der Waals surface area contributed by atoms with Crippen LogP contribution in [0, 0.1) is 0 Å². The third-order valence-electron chi connectivity index (χ3n) is 1.54. The Bertz CT molecular complexity index is 310. The maximum Gasteiger partial charge on any atom is 0.166 e. The van der Waals surface area contributed by atoms with Gasteiger partial charge in [-0.2, -0.15) is 5.10 Å². The summed E-state index contributed by atoms with van der Waals surface area (Å²) in [5.41, 5.74) is 0.549. The van der Waals surface area contributed by atoms with Gasteiger partial charge in [0.2, 0.25) is 0 Å². The molecule has 3 N–H and O–H groups in total. The van der Waals surface area contributed by atoms with Gasteiger partial charge in [0.1, 0.15) is 0 Å². The van der Waals surface area contributed by atoms with Gasteiger partial charge in [0.05, 0.1) is 12.8 Å². The first-order valence-corrected chi connectivity index (χ1v) is 3.97. The van der Waals surface area contributed by atoms with E-state index >= 15 is 0 Å². The van der Waals surface area contributed by atoms with Gasteiger partial charge >= 0.3 is 0 Å². The van der Waals surface area contributed by atoms with E-state index in [1.54, 1.807) is 18.2 Å². The van der Waals surface area contributed by atoms with Gasteiger partial charge in [-0.15, -0.1) is 0 Å². The van der Waals surface area contributed by atoms with Gasteiger partial charge in [-0.25, -0.2) is 0 Å². The molecule has 1 rings (SSSR count). The summed E-state index contributed by atoms with van der Waals surface area (Å²) in [5.74, 6) is 5.48. The zero-order chi connectivity index (χ0) is 9.68. The van der Waals surface area contributed by atoms with Crippen molar-refractivity contribution in [3.63, 3.8) is 0 Å². The number of phenolic OH excluding ortho intramolecular Hbond substituents is 1. The molecule has 0 aliphatic rings. The lowest BCUT2D eigenvalue weighted by atomic mass is 10.2. The Kier molecular flexibility index (Phi) is 3.14. The van der Waals surface area contributed by atoms with Gasteiger partial charge in [-0.05, 0) is 19.1 Å². The molecule has 0 aromatic heterocycles. The Morgan fingerprint density at radius 3 is 3.00 bits per heavy atom. The molecular formula is C9H12N2O2. The predicted octanol–water partition coefficient (Wildman–Crippen LogP) is 1.08. The summed E-state index contributed by atoms with van der Waals surface area (Å²) in [6.45, 7) is 2.36. The Labute approximate surface area is 76.6 Å². The third kappa shape index (κ3) is 2.11. The molecule has 0 saturated carbocycles. The van der Waals surface area contributed by atoms with Crippen LogP contribution in [0.5, 0.6) is 11.5 Å². The van der Waals surface area contributed by atoms with Crippen molar-refractivity contribution in [2.24, 2.45) is 10.9 Å². The van der Waals surface area contributed by atoms with Crippen molar-refractivity contribution in [2.75, 3.05) is 6.61 Å². The first-order chi connectivity index (χ1) is 6.29. The molecule has 1 aromatic carbocycles. The molecule has 1 aromatic rings. The molecule has 0 amide bonds. The predicted molar refractivity (Wildman–Crippen MR) is 51.1 cm³/mol. The second-order valence-electron chi connectivity index (χ2n) is 2.41. The standard InChI is InChI=1S/C9H12N2O2/c1-2-13-8-5-3-4-7(6-11-10)9(8)12/h3-6,12H,2,10H2,1H3. The first-order valence-electron chi connectivity index (χ1n) is 3.97. The fourth-order valence-corrected chi connectivity index (χ4v) is 0.996. The largest absolute Gasteiger partial charge is 0.504 e. The molecule has 0 radical (unpaired) electrons. The molecule has 0 aliphatic heterocycles. The summed E-state index contributed by atoms with van der Waals surface area (Å²) in [6, 6.07) is 5.16. The Morgan fingerprint density at radius 2 is 2.38 bits per heavy atom. The lowest BCUT2D eigenvalue weighted by molar-refractivity contribution is 0.318. The number of hydrogen-bond acceptors (Lipinski definition) is 4. The minimum Gasteiger partial charge on any atom is -0.504 e. The summed E-state index contributed by atoms with van der Waals surface area (Å²) in [5, 5.41) is 12.9. The van der Waals surface area contributed by atoms with Gasteiger partial charge in [0.25, 0.3) is 0 Å². The number of nitrogens with two attached hydrogens (primary N) is 1. The SMILES string of the molecule is CCOc1cccc(C=NN)c1O. The van der Waals surface area contributed by atoms with Crippen LogP contribution in [0.15, 0.2) is 23.3 Å². The molecule has 0 bridgehead atoms. The van der Waals surface area contributed by atoms with E-state index in [2.05, 4.69) is 5.10 Å². The number of phenols is 1. The third-order valence-corrected chi connectivity index (χ3v) is 1.54. The molecule has 4 nitrogen and oxygen atoms in total. The lowest BCUT2D eigenvalue weighted by Gasteiger charge is -2.06. The molecule has 0 saturated heterocycles. The summed E-state index contributed by atoms with van der Waals surface area (Å²) in [7, 11) is 0. The Morgan fingerprint density at radius 1 is 1.62 bits per heavy atom. The number of nitrogens with zero attached hydrogens (tertiary/aromatic N) is 1. The maximum absolute atomic E-state index is 9.58. The Hall–Kier alpha value is -1.71.